The summed E-state index contributed by atoms with van der Waals surface area (Å²) in [5.41, 5.74) is 0.420. The van der Waals surface area contributed by atoms with Crippen molar-refractivity contribution in [2.75, 3.05) is 20.8 Å². The number of carboxylic acids is 1. The van der Waals surface area contributed by atoms with E-state index in [2.05, 4.69) is 0 Å². The monoisotopic (exact) mass is 375 g/mol. The molecule has 2 aromatic rings. The average Bonchev–Trinajstić information content (AvgIpc) is 3.14. The van der Waals surface area contributed by atoms with Gasteiger partial charge in [0.1, 0.15) is 6.04 Å². The smallest absolute Gasteiger partial charge is 0.340 e. The summed E-state index contributed by atoms with van der Waals surface area (Å²) < 4.78 is 15.9. The Bertz CT molecular complexity index is 963. The molecule has 8 heteroatoms. The van der Waals surface area contributed by atoms with E-state index in [-0.39, 0.29) is 17.6 Å². The highest BCUT2D eigenvalue weighted by atomic mass is 16.5. The van der Waals surface area contributed by atoms with Crippen LogP contribution in [0.3, 0.4) is 0 Å². The summed E-state index contributed by atoms with van der Waals surface area (Å²) in [4.78, 5) is 37.8. The zero-order chi connectivity index (χ0) is 19.7. The molecule has 144 valence electrons. The van der Waals surface area contributed by atoms with Crippen LogP contribution in [0.15, 0.2) is 21.3 Å². The van der Waals surface area contributed by atoms with Gasteiger partial charge >= 0.3 is 11.6 Å². The topological polar surface area (TPSA) is 106 Å². The Labute approximate surface area is 155 Å². The van der Waals surface area contributed by atoms with Crippen LogP contribution >= 0.6 is 0 Å². The highest BCUT2D eigenvalue weighted by molar-refractivity contribution is 5.90. The maximum atomic E-state index is 12.6. The maximum Gasteiger partial charge on any atom is 0.340 e. The summed E-state index contributed by atoms with van der Waals surface area (Å²) in [6, 6.07) is 2.59. The quantitative estimate of drug-likeness (QED) is 0.793. The van der Waals surface area contributed by atoms with Crippen LogP contribution in [0.4, 0.5) is 0 Å². The molecule has 1 saturated heterocycles. The molecule has 1 aliphatic rings. The van der Waals surface area contributed by atoms with Crippen LogP contribution in [0.1, 0.15) is 24.0 Å². The Morgan fingerprint density at radius 1 is 1.30 bits per heavy atom. The zero-order valence-corrected chi connectivity index (χ0v) is 15.4. The van der Waals surface area contributed by atoms with Crippen molar-refractivity contribution in [3.8, 4) is 11.5 Å². The highest BCUT2D eigenvalue weighted by Crippen LogP contribution is 2.36. The van der Waals surface area contributed by atoms with Crippen molar-refractivity contribution >= 4 is 22.8 Å². The van der Waals surface area contributed by atoms with E-state index < -0.39 is 23.5 Å². The number of hydrogen-bond donors (Lipinski definition) is 1. The number of carbonyl (C=O) groups is 2. The predicted octanol–water partition coefficient (Wildman–Crippen LogP) is 1.74. The molecular formula is C19H21NO7. The van der Waals surface area contributed by atoms with Gasteiger partial charge in [0.05, 0.1) is 26.2 Å². The van der Waals surface area contributed by atoms with Gasteiger partial charge in [0.15, 0.2) is 11.3 Å². The molecule has 0 bridgehead atoms. The number of methoxy groups -OCH3 is 2. The first-order valence-electron chi connectivity index (χ1n) is 8.58. The van der Waals surface area contributed by atoms with Gasteiger partial charge in [-0.2, -0.15) is 0 Å². The van der Waals surface area contributed by atoms with Gasteiger partial charge in [-0.1, -0.05) is 0 Å². The second-order valence-electron chi connectivity index (χ2n) is 6.43. The number of nitrogens with zero attached hydrogens (tertiary/aromatic N) is 1. The Hall–Kier alpha value is -3.03. The van der Waals surface area contributed by atoms with E-state index in [1.807, 2.05) is 0 Å². The van der Waals surface area contributed by atoms with Gasteiger partial charge in [-0.3, -0.25) is 4.79 Å². The van der Waals surface area contributed by atoms with Crippen molar-refractivity contribution in [3.05, 3.63) is 33.7 Å². The van der Waals surface area contributed by atoms with Gasteiger partial charge in [0, 0.05) is 11.9 Å². The lowest BCUT2D eigenvalue weighted by molar-refractivity contribution is -0.148. The third-order valence-electron chi connectivity index (χ3n) is 4.98. The number of aliphatic carboxylic acids is 1. The lowest BCUT2D eigenvalue weighted by atomic mass is 10.0. The van der Waals surface area contributed by atoms with Gasteiger partial charge in [-0.05, 0) is 37.5 Å². The normalized spacial score (nSPS) is 16.6. The van der Waals surface area contributed by atoms with Gasteiger partial charge in [-0.15, -0.1) is 0 Å². The van der Waals surface area contributed by atoms with Crippen LogP contribution in [0, 0.1) is 6.92 Å². The van der Waals surface area contributed by atoms with Crippen molar-refractivity contribution < 1.29 is 28.6 Å². The summed E-state index contributed by atoms with van der Waals surface area (Å²) >= 11 is 0. The summed E-state index contributed by atoms with van der Waals surface area (Å²) in [5.74, 6) is -0.689. The average molecular weight is 375 g/mol. The maximum absolute atomic E-state index is 12.6. The highest BCUT2D eigenvalue weighted by Gasteiger charge is 2.34. The van der Waals surface area contributed by atoms with Gasteiger partial charge in [-0.25, -0.2) is 9.59 Å². The minimum Gasteiger partial charge on any atom is -0.493 e. The number of ether oxygens (including phenoxy) is 2. The summed E-state index contributed by atoms with van der Waals surface area (Å²) in [6.07, 6.45) is 0.844. The zero-order valence-electron chi connectivity index (χ0n) is 15.4. The second-order valence-corrected chi connectivity index (χ2v) is 6.43. The molecule has 0 spiro atoms. The summed E-state index contributed by atoms with van der Waals surface area (Å²) in [5, 5.41) is 9.89. The second kappa shape index (κ2) is 7.30. The molecule has 8 nitrogen and oxygen atoms in total. The van der Waals surface area contributed by atoms with Gasteiger partial charge in [0.25, 0.3) is 0 Å². The van der Waals surface area contributed by atoms with E-state index in [9.17, 15) is 19.5 Å². The molecule has 1 amide bonds. The Kier molecular flexibility index (Phi) is 5.07. The molecule has 1 N–H and O–H groups in total. The van der Waals surface area contributed by atoms with Crippen molar-refractivity contribution in [3.63, 3.8) is 0 Å². The lowest BCUT2D eigenvalue weighted by Gasteiger charge is -2.21. The Morgan fingerprint density at radius 2 is 2.04 bits per heavy atom. The molecule has 1 fully saturated rings. The van der Waals surface area contributed by atoms with Crippen LogP contribution in [0.25, 0.3) is 11.0 Å². The number of carbonyl (C=O) groups excluding carboxylic acids is 1. The molecule has 1 unspecified atom stereocenters. The number of benzene rings is 1. The SMILES string of the molecule is COc1ccc2c(C)c(CC(=O)N3CCCC3C(=O)O)c(=O)oc2c1OC. The fourth-order valence-electron chi connectivity index (χ4n) is 3.54. The fraction of sp³-hybridized carbons (Fsp3) is 0.421. The largest absolute Gasteiger partial charge is 0.493 e. The van der Waals surface area contributed by atoms with E-state index in [0.717, 1.165) is 0 Å². The molecule has 0 aliphatic carbocycles. The van der Waals surface area contributed by atoms with Crippen molar-refractivity contribution in [2.45, 2.75) is 32.2 Å². The minimum atomic E-state index is -1.03. The number of likely N-dealkylation sites (tertiary alicyclic amines) is 1. The summed E-state index contributed by atoms with van der Waals surface area (Å²) in [6.45, 7) is 2.10. The number of hydrogen-bond acceptors (Lipinski definition) is 6. The van der Waals surface area contributed by atoms with Crippen LogP contribution in [0.2, 0.25) is 0 Å². The van der Waals surface area contributed by atoms with E-state index in [1.54, 1.807) is 19.1 Å². The number of fused-ring (bicyclic) bond motifs is 1. The predicted molar refractivity (Wildman–Crippen MR) is 96.4 cm³/mol. The first-order chi connectivity index (χ1) is 12.9. The minimum absolute atomic E-state index is 0.206. The Balaban J connectivity index is 2.02. The molecule has 1 aromatic heterocycles. The third kappa shape index (κ3) is 3.22. The van der Waals surface area contributed by atoms with Gasteiger partial charge < -0.3 is 23.9 Å². The van der Waals surface area contributed by atoms with Gasteiger partial charge in [0.2, 0.25) is 11.7 Å². The van der Waals surface area contributed by atoms with Crippen LogP contribution in [0.5, 0.6) is 11.5 Å². The van der Waals surface area contributed by atoms with Crippen molar-refractivity contribution in [1.82, 2.24) is 4.90 Å². The fourth-order valence-corrected chi connectivity index (χ4v) is 3.54. The van der Waals surface area contributed by atoms with E-state index in [4.69, 9.17) is 13.9 Å². The summed E-state index contributed by atoms with van der Waals surface area (Å²) in [7, 11) is 2.93. The number of rotatable bonds is 5. The van der Waals surface area contributed by atoms with E-state index in [1.165, 1.54) is 19.1 Å². The van der Waals surface area contributed by atoms with Crippen molar-refractivity contribution in [1.29, 1.82) is 0 Å². The molecule has 1 atom stereocenters. The third-order valence-corrected chi connectivity index (χ3v) is 4.98. The first-order valence-corrected chi connectivity index (χ1v) is 8.58. The molecule has 1 aromatic carbocycles. The van der Waals surface area contributed by atoms with Crippen LogP contribution in [-0.2, 0) is 16.0 Å². The molecule has 2 heterocycles. The molecule has 0 radical (unpaired) electrons. The molecule has 1 aliphatic heterocycles. The molecule has 3 rings (SSSR count). The molecular weight excluding hydrogens is 354 g/mol. The van der Waals surface area contributed by atoms with E-state index in [0.29, 0.717) is 41.8 Å². The standard InChI is InChI=1S/C19H21NO7/c1-10-11-6-7-14(25-2)17(26-3)16(11)27-19(24)12(10)9-15(21)20-8-4-5-13(20)18(22)23/h6-7,13H,4-5,8-9H2,1-3H3,(H,22,23). The van der Waals surface area contributed by atoms with Crippen molar-refractivity contribution in [2.24, 2.45) is 0 Å². The number of carboxylic acid groups (broad SMARTS) is 1. The number of amides is 1. The lowest BCUT2D eigenvalue weighted by Crippen LogP contribution is -2.41. The Morgan fingerprint density at radius 3 is 2.67 bits per heavy atom. The van der Waals surface area contributed by atoms with E-state index >= 15 is 0 Å². The van der Waals surface area contributed by atoms with Crippen LogP contribution in [-0.4, -0.2) is 48.7 Å². The molecule has 0 saturated carbocycles. The van der Waals surface area contributed by atoms with Crippen LogP contribution < -0.4 is 15.1 Å². The number of aryl methyl sites for hydroxylation is 1. The molecule has 27 heavy (non-hydrogen) atoms. The first kappa shape index (κ1) is 18.8.